The van der Waals surface area contributed by atoms with E-state index in [1.807, 2.05) is 43.3 Å². The van der Waals surface area contributed by atoms with Crippen LogP contribution in [0.15, 0.2) is 46.0 Å². The minimum atomic E-state index is 0.00159. The number of aryl methyl sites for hydroxylation is 1. The second kappa shape index (κ2) is 10.2. The first-order chi connectivity index (χ1) is 15.5. The van der Waals surface area contributed by atoms with Crippen LogP contribution in [0.25, 0.3) is 11.4 Å². The number of aromatic nitrogens is 3. The summed E-state index contributed by atoms with van der Waals surface area (Å²) in [5.74, 6) is 3.42. The van der Waals surface area contributed by atoms with Crippen molar-refractivity contribution in [2.24, 2.45) is 0 Å². The molecule has 2 aromatic heterocycles. The van der Waals surface area contributed by atoms with E-state index >= 15 is 0 Å². The van der Waals surface area contributed by atoms with E-state index in [1.165, 1.54) is 11.8 Å². The van der Waals surface area contributed by atoms with Gasteiger partial charge < -0.3 is 18.8 Å². The Morgan fingerprint density at radius 2 is 2.06 bits per heavy atom. The molecule has 0 N–H and O–H groups in total. The molecule has 0 spiro atoms. The molecule has 1 aliphatic rings. The fourth-order valence-electron chi connectivity index (χ4n) is 3.63. The van der Waals surface area contributed by atoms with Gasteiger partial charge in [0.2, 0.25) is 5.91 Å². The summed E-state index contributed by atoms with van der Waals surface area (Å²) >= 11 is 1.39. The molecule has 0 bridgehead atoms. The SMILES string of the molecule is COc1ccc(-c2nnc(SCC(=O)N(C)Cc3ccc(C)o3)n2CC2CCCO2)cc1. The zero-order chi connectivity index (χ0) is 22.5. The minimum absolute atomic E-state index is 0.00159. The summed E-state index contributed by atoms with van der Waals surface area (Å²) < 4.78 is 18.8. The molecule has 1 saturated heterocycles. The number of ether oxygens (including phenoxy) is 2. The number of nitrogens with zero attached hydrogens (tertiary/aromatic N) is 4. The van der Waals surface area contributed by atoms with Crippen LogP contribution in [0.4, 0.5) is 0 Å². The van der Waals surface area contributed by atoms with Gasteiger partial charge in [0.25, 0.3) is 0 Å². The normalized spacial score (nSPS) is 15.8. The van der Waals surface area contributed by atoms with Gasteiger partial charge >= 0.3 is 0 Å². The van der Waals surface area contributed by atoms with Crippen molar-refractivity contribution in [3.63, 3.8) is 0 Å². The van der Waals surface area contributed by atoms with E-state index in [2.05, 4.69) is 14.8 Å². The predicted molar refractivity (Wildman–Crippen MR) is 122 cm³/mol. The number of hydrogen-bond acceptors (Lipinski definition) is 7. The summed E-state index contributed by atoms with van der Waals surface area (Å²) in [5, 5.41) is 9.54. The van der Waals surface area contributed by atoms with E-state index in [0.717, 1.165) is 48.1 Å². The number of methoxy groups -OCH3 is 1. The molecule has 1 aromatic carbocycles. The lowest BCUT2D eigenvalue weighted by atomic mass is 10.2. The lowest BCUT2D eigenvalue weighted by molar-refractivity contribution is -0.127. The molecule has 170 valence electrons. The van der Waals surface area contributed by atoms with Crippen LogP contribution in [0.5, 0.6) is 5.75 Å². The molecule has 3 heterocycles. The Bertz CT molecular complexity index is 1040. The van der Waals surface area contributed by atoms with Gasteiger partial charge in [0.1, 0.15) is 17.3 Å². The lowest BCUT2D eigenvalue weighted by Gasteiger charge is -2.17. The van der Waals surface area contributed by atoms with E-state index in [-0.39, 0.29) is 17.8 Å². The van der Waals surface area contributed by atoms with Gasteiger partial charge in [-0.05, 0) is 56.2 Å². The molecule has 1 aliphatic heterocycles. The first-order valence-electron chi connectivity index (χ1n) is 10.6. The largest absolute Gasteiger partial charge is 0.497 e. The molecular weight excluding hydrogens is 428 g/mol. The monoisotopic (exact) mass is 456 g/mol. The van der Waals surface area contributed by atoms with Crippen molar-refractivity contribution in [2.75, 3.05) is 26.5 Å². The standard InChI is InChI=1S/C23H28N4O4S/c1-16-6-9-20(31-16)13-26(2)21(28)15-32-23-25-24-22(17-7-10-18(29-3)11-8-17)27(23)14-19-5-4-12-30-19/h6-11,19H,4-5,12-15H2,1-3H3. The van der Waals surface area contributed by atoms with Crippen LogP contribution in [0.1, 0.15) is 24.4 Å². The fraction of sp³-hybridized carbons (Fsp3) is 0.435. The molecule has 0 saturated carbocycles. The van der Waals surface area contributed by atoms with Crippen molar-refractivity contribution < 1.29 is 18.7 Å². The number of carbonyl (C=O) groups excluding carboxylic acids is 1. The van der Waals surface area contributed by atoms with Gasteiger partial charge in [-0.1, -0.05) is 11.8 Å². The number of rotatable bonds is 9. The van der Waals surface area contributed by atoms with Crippen molar-refractivity contribution >= 4 is 17.7 Å². The third-order valence-corrected chi connectivity index (χ3v) is 6.37. The smallest absolute Gasteiger partial charge is 0.233 e. The molecule has 1 atom stereocenters. The van der Waals surface area contributed by atoms with Crippen LogP contribution < -0.4 is 4.74 Å². The van der Waals surface area contributed by atoms with Gasteiger partial charge in [0, 0.05) is 19.2 Å². The Kier molecular flexibility index (Phi) is 7.16. The molecule has 4 rings (SSSR count). The molecule has 0 aliphatic carbocycles. The first kappa shape index (κ1) is 22.4. The number of furan rings is 1. The van der Waals surface area contributed by atoms with Crippen LogP contribution in [0.3, 0.4) is 0 Å². The van der Waals surface area contributed by atoms with Crippen LogP contribution in [0.2, 0.25) is 0 Å². The summed E-state index contributed by atoms with van der Waals surface area (Å²) in [6.45, 7) is 3.77. The zero-order valence-corrected chi connectivity index (χ0v) is 19.4. The summed E-state index contributed by atoms with van der Waals surface area (Å²) in [6, 6.07) is 11.5. The van der Waals surface area contributed by atoms with Crippen molar-refractivity contribution in [3.8, 4) is 17.1 Å². The Morgan fingerprint density at radius 1 is 1.25 bits per heavy atom. The Balaban J connectivity index is 1.48. The van der Waals surface area contributed by atoms with E-state index < -0.39 is 0 Å². The number of benzene rings is 1. The second-order valence-corrected chi connectivity index (χ2v) is 8.77. The molecule has 1 fully saturated rings. The summed E-state index contributed by atoms with van der Waals surface area (Å²) in [6.07, 6.45) is 2.19. The van der Waals surface area contributed by atoms with Crippen LogP contribution in [0, 0.1) is 6.92 Å². The lowest BCUT2D eigenvalue weighted by Crippen LogP contribution is -2.27. The van der Waals surface area contributed by atoms with Crippen LogP contribution in [-0.4, -0.2) is 58.2 Å². The van der Waals surface area contributed by atoms with Crippen LogP contribution in [-0.2, 0) is 22.6 Å². The molecular formula is C23H28N4O4S. The number of hydrogen-bond donors (Lipinski definition) is 0. The maximum atomic E-state index is 12.7. The second-order valence-electron chi connectivity index (χ2n) is 7.83. The third-order valence-electron chi connectivity index (χ3n) is 5.41. The maximum Gasteiger partial charge on any atom is 0.233 e. The Hall–Kier alpha value is -2.78. The fourth-order valence-corrected chi connectivity index (χ4v) is 4.52. The molecule has 3 aromatic rings. The summed E-state index contributed by atoms with van der Waals surface area (Å²) in [4.78, 5) is 14.4. The van der Waals surface area contributed by atoms with Crippen molar-refractivity contribution in [1.29, 1.82) is 0 Å². The van der Waals surface area contributed by atoms with Gasteiger partial charge in [0.15, 0.2) is 11.0 Å². The zero-order valence-electron chi connectivity index (χ0n) is 18.6. The first-order valence-corrected chi connectivity index (χ1v) is 11.6. The highest BCUT2D eigenvalue weighted by Gasteiger charge is 2.23. The van der Waals surface area contributed by atoms with Gasteiger partial charge in [-0.3, -0.25) is 9.36 Å². The predicted octanol–water partition coefficient (Wildman–Crippen LogP) is 3.78. The molecule has 1 unspecified atom stereocenters. The van der Waals surface area contributed by atoms with Crippen molar-refractivity contribution in [1.82, 2.24) is 19.7 Å². The number of amides is 1. The molecule has 9 heteroatoms. The van der Waals surface area contributed by atoms with E-state index in [1.54, 1.807) is 19.1 Å². The average Bonchev–Trinajstić information content (AvgIpc) is 3.55. The van der Waals surface area contributed by atoms with Gasteiger partial charge in [0.05, 0.1) is 32.1 Å². The van der Waals surface area contributed by atoms with Crippen LogP contribution >= 0.6 is 11.8 Å². The highest BCUT2D eigenvalue weighted by Crippen LogP contribution is 2.28. The quantitative estimate of drug-likeness (QED) is 0.453. The highest BCUT2D eigenvalue weighted by atomic mass is 32.2. The van der Waals surface area contributed by atoms with E-state index in [4.69, 9.17) is 13.9 Å². The maximum absolute atomic E-state index is 12.7. The summed E-state index contributed by atoms with van der Waals surface area (Å²) in [5.41, 5.74) is 0.944. The van der Waals surface area contributed by atoms with Crippen molar-refractivity contribution in [3.05, 3.63) is 47.9 Å². The number of carbonyl (C=O) groups is 1. The molecule has 0 radical (unpaired) electrons. The molecule has 32 heavy (non-hydrogen) atoms. The van der Waals surface area contributed by atoms with Gasteiger partial charge in [-0.2, -0.15) is 0 Å². The Morgan fingerprint density at radius 3 is 2.72 bits per heavy atom. The van der Waals surface area contributed by atoms with E-state index in [0.29, 0.717) is 18.2 Å². The van der Waals surface area contributed by atoms with Crippen molar-refractivity contribution in [2.45, 2.75) is 44.1 Å². The molecule has 1 amide bonds. The minimum Gasteiger partial charge on any atom is -0.497 e. The summed E-state index contributed by atoms with van der Waals surface area (Å²) in [7, 11) is 3.42. The van der Waals surface area contributed by atoms with E-state index in [9.17, 15) is 4.79 Å². The van der Waals surface area contributed by atoms with Gasteiger partial charge in [-0.25, -0.2) is 0 Å². The average molecular weight is 457 g/mol. The Labute approximate surface area is 191 Å². The molecule has 8 nitrogen and oxygen atoms in total. The van der Waals surface area contributed by atoms with Gasteiger partial charge in [-0.15, -0.1) is 10.2 Å². The highest BCUT2D eigenvalue weighted by molar-refractivity contribution is 7.99. The topological polar surface area (TPSA) is 82.6 Å². The third kappa shape index (κ3) is 5.34. The number of thioether (sulfide) groups is 1.